The van der Waals surface area contributed by atoms with Gasteiger partial charge in [0.05, 0.1) is 5.56 Å². The lowest BCUT2D eigenvalue weighted by atomic mass is 10.1. The van der Waals surface area contributed by atoms with Crippen LogP contribution in [0.1, 0.15) is 27.0 Å². The first kappa shape index (κ1) is 14.6. The zero-order valence-electron chi connectivity index (χ0n) is 11.4. The summed E-state index contributed by atoms with van der Waals surface area (Å²) in [5.41, 5.74) is 4.56. The highest BCUT2D eigenvalue weighted by atomic mass is 79.9. The summed E-state index contributed by atoms with van der Waals surface area (Å²) in [6.45, 7) is 4.64. The number of aryl methyl sites for hydroxylation is 2. The summed E-state index contributed by atoms with van der Waals surface area (Å²) in [4.78, 5) is 10.9. The van der Waals surface area contributed by atoms with E-state index in [1.807, 2.05) is 6.92 Å². The van der Waals surface area contributed by atoms with Crippen molar-refractivity contribution in [3.63, 3.8) is 0 Å². The van der Waals surface area contributed by atoms with E-state index in [1.165, 1.54) is 5.56 Å². The van der Waals surface area contributed by atoms with Crippen molar-refractivity contribution in [3.8, 4) is 0 Å². The van der Waals surface area contributed by atoms with Crippen LogP contribution in [0.15, 0.2) is 40.9 Å². The Kier molecular flexibility index (Phi) is 4.45. The molecule has 0 unspecified atom stereocenters. The molecular weight excluding hydrogens is 318 g/mol. The number of hydrogen-bond donors (Lipinski definition) is 2. The molecule has 0 fully saturated rings. The second kappa shape index (κ2) is 6.09. The third-order valence-corrected chi connectivity index (χ3v) is 3.89. The molecule has 0 aliphatic rings. The maximum absolute atomic E-state index is 10.9. The summed E-state index contributed by atoms with van der Waals surface area (Å²) < 4.78 is 1.07. The van der Waals surface area contributed by atoms with Crippen molar-refractivity contribution in [2.24, 2.45) is 0 Å². The molecule has 0 atom stereocenters. The van der Waals surface area contributed by atoms with E-state index in [9.17, 15) is 4.79 Å². The van der Waals surface area contributed by atoms with Crippen LogP contribution in [-0.4, -0.2) is 11.1 Å². The predicted molar refractivity (Wildman–Crippen MR) is 84.3 cm³/mol. The lowest BCUT2D eigenvalue weighted by Gasteiger charge is -2.12. The molecule has 0 amide bonds. The molecule has 0 aliphatic heterocycles. The number of halogens is 1. The Hall–Kier alpha value is -1.81. The van der Waals surface area contributed by atoms with Gasteiger partial charge in [-0.2, -0.15) is 0 Å². The highest BCUT2D eigenvalue weighted by Gasteiger charge is 2.06. The van der Waals surface area contributed by atoms with Crippen LogP contribution in [0, 0.1) is 13.8 Å². The van der Waals surface area contributed by atoms with Gasteiger partial charge in [-0.25, -0.2) is 4.79 Å². The quantitative estimate of drug-likeness (QED) is 0.873. The van der Waals surface area contributed by atoms with Crippen molar-refractivity contribution in [2.45, 2.75) is 20.4 Å². The number of nitrogens with one attached hydrogen (secondary N) is 1. The highest BCUT2D eigenvalue weighted by Crippen LogP contribution is 2.22. The average molecular weight is 334 g/mol. The standard InChI is InChI=1S/C16H16BrNO2/c1-10-3-4-13(14(17)7-10)9-18-15-6-5-12(16(19)20)8-11(15)2/h3-8,18H,9H2,1-2H3,(H,19,20). The molecule has 0 aliphatic carbocycles. The van der Waals surface area contributed by atoms with Crippen molar-refractivity contribution in [1.82, 2.24) is 0 Å². The third kappa shape index (κ3) is 3.39. The van der Waals surface area contributed by atoms with Gasteiger partial charge in [0, 0.05) is 16.7 Å². The number of aromatic carboxylic acids is 1. The summed E-state index contributed by atoms with van der Waals surface area (Å²) in [6, 6.07) is 11.3. The highest BCUT2D eigenvalue weighted by molar-refractivity contribution is 9.10. The monoisotopic (exact) mass is 333 g/mol. The van der Waals surface area contributed by atoms with Gasteiger partial charge in [0.1, 0.15) is 0 Å². The Morgan fingerprint density at radius 1 is 1.20 bits per heavy atom. The van der Waals surface area contributed by atoms with E-state index < -0.39 is 5.97 Å². The van der Waals surface area contributed by atoms with E-state index in [-0.39, 0.29) is 0 Å². The van der Waals surface area contributed by atoms with Gasteiger partial charge in [-0.3, -0.25) is 0 Å². The van der Waals surface area contributed by atoms with Crippen LogP contribution in [0.2, 0.25) is 0 Å². The summed E-state index contributed by atoms with van der Waals surface area (Å²) in [7, 11) is 0. The zero-order chi connectivity index (χ0) is 14.7. The second-order valence-corrected chi connectivity index (χ2v) is 5.64. The molecule has 3 nitrogen and oxygen atoms in total. The van der Waals surface area contributed by atoms with Gasteiger partial charge in [-0.05, 0) is 54.8 Å². The first-order valence-corrected chi connectivity index (χ1v) is 7.09. The maximum Gasteiger partial charge on any atom is 0.335 e. The fraction of sp³-hybridized carbons (Fsp3) is 0.188. The van der Waals surface area contributed by atoms with Crippen LogP contribution in [0.25, 0.3) is 0 Å². The van der Waals surface area contributed by atoms with Gasteiger partial charge >= 0.3 is 5.97 Å². The summed E-state index contributed by atoms with van der Waals surface area (Å²) in [5.74, 6) is -0.902. The lowest BCUT2D eigenvalue weighted by molar-refractivity contribution is 0.0697. The minimum Gasteiger partial charge on any atom is -0.478 e. The SMILES string of the molecule is Cc1ccc(CNc2ccc(C(=O)O)cc2C)c(Br)c1. The summed E-state index contributed by atoms with van der Waals surface area (Å²) in [6.07, 6.45) is 0. The molecule has 2 aromatic rings. The van der Waals surface area contributed by atoms with Crippen LogP contribution in [-0.2, 0) is 6.54 Å². The number of carboxylic acid groups (broad SMARTS) is 1. The van der Waals surface area contributed by atoms with Gasteiger partial charge in [0.15, 0.2) is 0 Å². The molecule has 0 spiro atoms. The van der Waals surface area contributed by atoms with Crippen LogP contribution >= 0.6 is 15.9 Å². The summed E-state index contributed by atoms with van der Waals surface area (Å²) in [5, 5.41) is 12.3. The Balaban J connectivity index is 2.13. The van der Waals surface area contributed by atoms with E-state index in [0.29, 0.717) is 12.1 Å². The van der Waals surface area contributed by atoms with Crippen molar-refractivity contribution >= 4 is 27.6 Å². The van der Waals surface area contributed by atoms with E-state index >= 15 is 0 Å². The molecule has 0 heterocycles. The van der Waals surface area contributed by atoms with Crippen molar-refractivity contribution < 1.29 is 9.90 Å². The minimum absolute atomic E-state index is 0.310. The Bertz CT molecular complexity index is 653. The van der Waals surface area contributed by atoms with Gasteiger partial charge in [0.2, 0.25) is 0 Å². The molecule has 0 aromatic heterocycles. The van der Waals surface area contributed by atoms with E-state index in [0.717, 1.165) is 21.3 Å². The number of carbonyl (C=O) groups is 1. The van der Waals surface area contributed by atoms with Crippen LogP contribution in [0.3, 0.4) is 0 Å². The number of hydrogen-bond acceptors (Lipinski definition) is 2. The molecular formula is C16H16BrNO2. The smallest absolute Gasteiger partial charge is 0.335 e. The van der Waals surface area contributed by atoms with E-state index in [1.54, 1.807) is 18.2 Å². The van der Waals surface area contributed by atoms with Gasteiger partial charge in [-0.15, -0.1) is 0 Å². The first-order valence-electron chi connectivity index (χ1n) is 6.30. The fourth-order valence-corrected chi connectivity index (χ4v) is 2.61. The van der Waals surface area contributed by atoms with Crippen LogP contribution < -0.4 is 5.32 Å². The lowest BCUT2D eigenvalue weighted by Crippen LogP contribution is -2.03. The molecule has 0 radical (unpaired) electrons. The van der Waals surface area contributed by atoms with Crippen LogP contribution in [0.5, 0.6) is 0 Å². The molecule has 20 heavy (non-hydrogen) atoms. The number of anilines is 1. The molecule has 2 rings (SSSR count). The average Bonchev–Trinajstić information content (AvgIpc) is 2.38. The third-order valence-electron chi connectivity index (χ3n) is 3.15. The number of rotatable bonds is 4. The Labute approximate surface area is 126 Å². The van der Waals surface area contributed by atoms with Crippen molar-refractivity contribution in [2.75, 3.05) is 5.32 Å². The first-order chi connectivity index (χ1) is 9.47. The molecule has 2 N–H and O–H groups in total. The Morgan fingerprint density at radius 3 is 2.55 bits per heavy atom. The molecule has 4 heteroatoms. The summed E-state index contributed by atoms with van der Waals surface area (Å²) >= 11 is 3.55. The van der Waals surface area contributed by atoms with Crippen LogP contribution in [0.4, 0.5) is 5.69 Å². The van der Waals surface area contributed by atoms with Gasteiger partial charge < -0.3 is 10.4 Å². The predicted octanol–water partition coefficient (Wildman–Crippen LogP) is 4.38. The van der Waals surface area contributed by atoms with E-state index in [2.05, 4.69) is 46.4 Å². The fourth-order valence-electron chi connectivity index (χ4n) is 1.98. The van der Waals surface area contributed by atoms with Gasteiger partial charge in [0.25, 0.3) is 0 Å². The van der Waals surface area contributed by atoms with Crippen molar-refractivity contribution in [3.05, 3.63) is 63.1 Å². The topological polar surface area (TPSA) is 49.3 Å². The molecule has 0 saturated carbocycles. The normalized spacial score (nSPS) is 10.3. The molecule has 0 saturated heterocycles. The second-order valence-electron chi connectivity index (χ2n) is 4.78. The zero-order valence-corrected chi connectivity index (χ0v) is 13.0. The largest absolute Gasteiger partial charge is 0.478 e. The number of carboxylic acids is 1. The van der Waals surface area contributed by atoms with Gasteiger partial charge in [-0.1, -0.05) is 28.1 Å². The minimum atomic E-state index is -0.902. The molecule has 2 aromatic carbocycles. The maximum atomic E-state index is 10.9. The molecule has 104 valence electrons. The van der Waals surface area contributed by atoms with Crippen molar-refractivity contribution in [1.29, 1.82) is 0 Å². The molecule has 0 bridgehead atoms. The Morgan fingerprint density at radius 2 is 1.95 bits per heavy atom. The van der Waals surface area contributed by atoms with E-state index in [4.69, 9.17) is 5.11 Å². The number of benzene rings is 2.